The van der Waals surface area contributed by atoms with E-state index in [9.17, 15) is 9.90 Å². The highest BCUT2D eigenvalue weighted by molar-refractivity contribution is 6.01. The molecular formula is C24H25N7O3. The van der Waals surface area contributed by atoms with Crippen LogP contribution in [0.15, 0.2) is 36.8 Å². The van der Waals surface area contributed by atoms with Crippen molar-refractivity contribution in [2.75, 3.05) is 25.6 Å². The van der Waals surface area contributed by atoms with Gasteiger partial charge < -0.3 is 25.0 Å². The summed E-state index contributed by atoms with van der Waals surface area (Å²) >= 11 is 0. The van der Waals surface area contributed by atoms with Crippen molar-refractivity contribution in [1.82, 2.24) is 29.5 Å². The number of aromatic nitrogens is 5. The highest BCUT2D eigenvalue weighted by Crippen LogP contribution is 2.55. The van der Waals surface area contributed by atoms with E-state index in [-0.39, 0.29) is 11.9 Å². The highest BCUT2D eigenvalue weighted by atomic mass is 16.5. The summed E-state index contributed by atoms with van der Waals surface area (Å²) in [6, 6.07) is 6.13. The largest absolute Gasteiger partial charge is 0.391 e. The van der Waals surface area contributed by atoms with Crippen LogP contribution >= 0.6 is 0 Å². The molecule has 3 fully saturated rings. The van der Waals surface area contributed by atoms with Gasteiger partial charge in [-0.15, -0.1) is 0 Å². The fourth-order valence-electron chi connectivity index (χ4n) is 5.47. The van der Waals surface area contributed by atoms with Crippen LogP contribution in [0.5, 0.6) is 0 Å². The van der Waals surface area contributed by atoms with Crippen molar-refractivity contribution in [3.63, 3.8) is 0 Å². The monoisotopic (exact) mass is 459 g/mol. The first-order valence-corrected chi connectivity index (χ1v) is 11.7. The van der Waals surface area contributed by atoms with Crippen LogP contribution in [-0.2, 0) is 4.74 Å². The normalized spacial score (nSPS) is 27.5. The molecule has 7 rings (SSSR count). The minimum atomic E-state index is -0.492. The van der Waals surface area contributed by atoms with Gasteiger partial charge in [0.05, 0.1) is 37.3 Å². The number of rotatable bonds is 5. The van der Waals surface area contributed by atoms with Crippen molar-refractivity contribution in [3.05, 3.63) is 42.4 Å². The number of carbonyl (C=O) groups excluding carboxylic acids is 1. The SMILES string of the molecule is CNc1cc(-c2cn(C3[C@H]4COC[C@@H]34)c3ncccc23)nc2c(C(=O)NC3CC[C@H]3O)cnn12. The number of fused-ring (bicyclic) bond motifs is 3. The molecule has 3 N–H and O–H groups in total. The standard InChI is InChI=1S/C24H25N7O3/c1-25-20-7-18(28-23-13(8-27-31(20)23)24(33)29-17-4-5-19(17)32)14-9-30(21-15-10-34-11-16(15)21)22-12(14)3-2-6-26-22/h2-3,6-9,15-17,19,21,25,32H,4-5,10-11H2,1H3,(H,29,33)/t15-,16+,17?,19-,21?/m1/s1. The molecular weight excluding hydrogens is 434 g/mol. The third-order valence-electron chi connectivity index (χ3n) is 7.62. The molecule has 10 nitrogen and oxygen atoms in total. The van der Waals surface area contributed by atoms with Gasteiger partial charge in [-0.25, -0.2) is 9.97 Å². The number of pyridine rings is 1. The van der Waals surface area contributed by atoms with Crippen molar-refractivity contribution in [1.29, 1.82) is 0 Å². The zero-order valence-electron chi connectivity index (χ0n) is 18.7. The van der Waals surface area contributed by atoms with Crippen LogP contribution in [-0.4, -0.2) is 67.6 Å². The minimum Gasteiger partial charge on any atom is -0.391 e. The van der Waals surface area contributed by atoms with Crippen LogP contribution in [0.4, 0.5) is 5.82 Å². The number of amides is 1. The van der Waals surface area contributed by atoms with E-state index < -0.39 is 6.10 Å². The predicted octanol–water partition coefficient (Wildman–Crippen LogP) is 1.86. The molecule has 1 aliphatic heterocycles. The second-order valence-corrected chi connectivity index (χ2v) is 9.48. The Morgan fingerprint density at radius 3 is 2.82 bits per heavy atom. The summed E-state index contributed by atoms with van der Waals surface area (Å²) < 4.78 is 9.50. The summed E-state index contributed by atoms with van der Waals surface area (Å²) in [5.41, 5.74) is 3.50. The fraction of sp³-hybridized carbons (Fsp3) is 0.417. The van der Waals surface area contributed by atoms with E-state index in [1.165, 1.54) is 6.20 Å². The number of carbonyl (C=O) groups is 1. The second kappa shape index (κ2) is 7.25. The molecule has 2 aliphatic carbocycles. The van der Waals surface area contributed by atoms with Crippen LogP contribution in [0.2, 0.25) is 0 Å². The average Bonchev–Trinajstić information content (AvgIpc) is 3.28. The molecule has 4 aromatic rings. The number of ether oxygens (including phenoxy) is 1. The quantitative estimate of drug-likeness (QED) is 0.417. The number of hydrogen-bond donors (Lipinski definition) is 3. The van der Waals surface area contributed by atoms with Gasteiger partial charge in [-0.05, 0) is 25.0 Å². The predicted molar refractivity (Wildman–Crippen MR) is 125 cm³/mol. The zero-order chi connectivity index (χ0) is 23.0. The molecule has 0 radical (unpaired) electrons. The summed E-state index contributed by atoms with van der Waals surface area (Å²) in [4.78, 5) is 22.6. The Morgan fingerprint density at radius 1 is 1.24 bits per heavy atom. The molecule has 5 atom stereocenters. The first-order valence-electron chi connectivity index (χ1n) is 11.7. The van der Waals surface area contributed by atoms with Crippen molar-refractivity contribution < 1.29 is 14.6 Å². The Labute approximate surface area is 195 Å². The number of nitrogens with zero attached hydrogens (tertiary/aromatic N) is 5. The summed E-state index contributed by atoms with van der Waals surface area (Å²) in [6.07, 6.45) is 6.48. The third kappa shape index (κ3) is 2.82. The molecule has 0 aromatic carbocycles. The molecule has 2 saturated carbocycles. The molecule has 0 spiro atoms. The van der Waals surface area contributed by atoms with Gasteiger partial charge in [0.25, 0.3) is 5.91 Å². The summed E-state index contributed by atoms with van der Waals surface area (Å²) in [5, 5.41) is 21.4. The lowest BCUT2D eigenvalue weighted by atomic mass is 9.89. The number of aliphatic hydroxyl groups excluding tert-OH is 1. The van der Waals surface area contributed by atoms with Crippen molar-refractivity contribution in [2.24, 2.45) is 11.8 Å². The molecule has 0 bridgehead atoms. The number of anilines is 1. The van der Waals surface area contributed by atoms with E-state index in [1.807, 2.05) is 25.4 Å². The topological polar surface area (TPSA) is 119 Å². The van der Waals surface area contributed by atoms with Gasteiger partial charge in [-0.3, -0.25) is 4.79 Å². The molecule has 1 saturated heterocycles. The Bertz CT molecular complexity index is 1430. The van der Waals surface area contributed by atoms with Gasteiger partial charge in [-0.2, -0.15) is 9.61 Å². The van der Waals surface area contributed by atoms with Crippen molar-refractivity contribution in [2.45, 2.75) is 31.0 Å². The molecule has 5 heterocycles. The van der Waals surface area contributed by atoms with E-state index >= 15 is 0 Å². The van der Waals surface area contributed by atoms with Gasteiger partial charge in [-0.1, -0.05) is 0 Å². The van der Waals surface area contributed by atoms with Gasteiger partial charge in [0.1, 0.15) is 17.0 Å². The van der Waals surface area contributed by atoms with Crippen LogP contribution in [0, 0.1) is 11.8 Å². The Hall–Kier alpha value is -3.50. The van der Waals surface area contributed by atoms with E-state index in [0.717, 1.165) is 47.7 Å². The zero-order valence-corrected chi connectivity index (χ0v) is 18.7. The molecule has 10 heteroatoms. The maximum absolute atomic E-state index is 13.0. The van der Waals surface area contributed by atoms with Crippen molar-refractivity contribution in [3.8, 4) is 11.3 Å². The van der Waals surface area contributed by atoms with Crippen LogP contribution in [0.3, 0.4) is 0 Å². The van der Waals surface area contributed by atoms with E-state index in [1.54, 1.807) is 4.52 Å². The first kappa shape index (κ1) is 19.9. The molecule has 2 unspecified atom stereocenters. The van der Waals surface area contributed by atoms with E-state index in [4.69, 9.17) is 9.72 Å². The minimum absolute atomic E-state index is 0.222. The lowest BCUT2D eigenvalue weighted by Gasteiger charge is -2.32. The lowest BCUT2D eigenvalue weighted by Crippen LogP contribution is -2.50. The maximum Gasteiger partial charge on any atom is 0.257 e. The molecule has 3 aliphatic rings. The number of aliphatic hydroxyl groups is 1. The summed E-state index contributed by atoms with van der Waals surface area (Å²) in [5.74, 6) is 1.53. The Kier molecular flexibility index (Phi) is 4.25. The third-order valence-corrected chi connectivity index (χ3v) is 7.62. The van der Waals surface area contributed by atoms with Gasteiger partial charge >= 0.3 is 0 Å². The van der Waals surface area contributed by atoms with Crippen molar-refractivity contribution >= 4 is 28.4 Å². The van der Waals surface area contributed by atoms with E-state index in [0.29, 0.717) is 35.5 Å². The average molecular weight is 460 g/mol. The van der Waals surface area contributed by atoms with Crippen LogP contribution in [0.25, 0.3) is 27.9 Å². The molecule has 174 valence electrons. The van der Waals surface area contributed by atoms with E-state index in [2.05, 4.69) is 37.5 Å². The second-order valence-electron chi connectivity index (χ2n) is 9.48. The number of hydrogen-bond acceptors (Lipinski definition) is 7. The highest BCUT2D eigenvalue weighted by Gasteiger charge is 2.55. The Balaban J connectivity index is 1.34. The Morgan fingerprint density at radius 2 is 2.09 bits per heavy atom. The molecule has 1 amide bonds. The molecule has 4 aromatic heterocycles. The maximum atomic E-state index is 13.0. The van der Waals surface area contributed by atoms with Gasteiger partial charge in [0, 0.05) is 54.3 Å². The lowest BCUT2D eigenvalue weighted by molar-refractivity contribution is 0.0448. The van der Waals surface area contributed by atoms with Crippen LogP contribution in [0.1, 0.15) is 29.2 Å². The number of nitrogens with one attached hydrogen (secondary N) is 2. The smallest absolute Gasteiger partial charge is 0.257 e. The van der Waals surface area contributed by atoms with Gasteiger partial charge in [0.2, 0.25) is 0 Å². The molecule has 34 heavy (non-hydrogen) atoms. The van der Waals surface area contributed by atoms with Gasteiger partial charge in [0.15, 0.2) is 5.65 Å². The van der Waals surface area contributed by atoms with Crippen LogP contribution < -0.4 is 10.6 Å². The fourth-order valence-corrected chi connectivity index (χ4v) is 5.47. The summed E-state index contributed by atoms with van der Waals surface area (Å²) in [7, 11) is 1.82. The summed E-state index contributed by atoms with van der Waals surface area (Å²) in [6.45, 7) is 1.60. The first-order chi connectivity index (χ1) is 16.6.